The Hall–Kier alpha value is -4.77. The summed E-state index contributed by atoms with van der Waals surface area (Å²) >= 11 is 1.10. The first-order valence-electron chi connectivity index (χ1n) is 13.8. The van der Waals surface area contributed by atoms with Crippen LogP contribution in [0.25, 0.3) is 5.57 Å². The summed E-state index contributed by atoms with van der Waals surface area (Å²) in [4.78, 5) is 59.9. The average molecular weight is 602 g/mol. The van der Waals surface area contributed by atoms with Crippen molar-refractivity contribution in [1.82, 2.24) is 4.57 Å². The fraction of sp³-hybridized carbons (Fsp3) is 0.281. The van der Waals surface area contributed by atoms with E-state index in [9.17, 15) is 19.2 Å². The zero-order valence-corrected chi connectivity index (χ0v) is 25.2. The van der Waals surface area contributed by atoms with E-state index in [0.717, 1.165) is 29.9 Å². The molecule has 11 heteroatoms. The SMILES string of the molecule is C=CCOC(=O)C1=C(C)N=c2sc(=C3C(=O)N(CCCC)c4ccccc43)c(=O)n2C1c1ccc(OC(C)=O)c(OC)c1. The number of rotatable bonds is 9. The van der Waals surface area contributed by atoms with Gasteiger partial charge in [0.15, 0.2) is 16.3 Å². The molecular weight excluding hydrogens is 570 g/mol. The summed E-state index contributed by atoms with van der Waals surface area (Å²) in [6, 6.07) is 11.2. The molecule has 222 valence electrons. The van der Waals surface area contributed by atoms with Crippen LogP contribution >= 0.6 is 11.3 Å². The molecule has 0 spiro atoms. The average Bonchev–Trinajstić information content (AvgIpc) is 3.45. The van der Waals surface area contributed by atoms with Crippen molar-refractivity contribution in [3.63, 3.8) is 0 Å². The van der Waals surface area contributed by atoms with Gasteiger partial charge in [0.25, 0.3) is 11.5 Å². The summed E-state index contributed by atoms with van der Waals surface area (Å²) in [5, 5.41) is 0. The largest absolute Gasteiger partial charge is 0.493 e. The van der Waals surface area contributed by atoms with Crippen molar-refractivity contribution in [2.24, 2.45) is 4.99 Å². The predicted molar refractivity (Wildman–Crippen MR) is 162 cm³/mol. The van der Waals surface area contributed by atoms with Gasteiger partial charge in [0, 0.05) is 19.0 Å². The van der Waals surface area contributed by atoms with Gasteiger partial charge < -0.3 is 19.1 Å². The minimum atomic E-state index is -0.967. The highest BCUT2D eigenvalue weighted by molar-refractivity contribution is 7.07. The van der Waals surface area contributed by atoms with Crippen molar-refractivity contribution in [2.75, 3.05) is 25.2 Å². The van der Waals surface area contributed by atoms with E-state index in [0.29, 0.717) is 33.7 Å². The maximum Gasteiger partial charge on any atom is 0.338 e. The van der Waals surface area contributed by atoms with Crippen molar-refractivity contribution in [3.8, 4) is 11.5 Å². The molecule has 3 aromatic rings. The van der Waals surface area contributed by atoms with Gasteiger partial charge in [0.05, 0.1) is 35.7 Å². The van der Waals surface area contributed by atoms with Gasteiger partial charge >= 0.3 is 11.9 Å². The van der Waals surface area contributed by atoms with Crippen molar-refractivity contribution in [1.29, 1.82) is 0 Å². The Morgan fingerprint density at radius 1 is 1.14 bits per heavy atom. The monoisotopic (exact) mass is 601 g/mol. The Balaban J connectivity index is 1.77. The molecule has 2 aromatic carbocycles. The number of carbonyl (C=O) groups is 3. The number of hydrogen-bond acceptors (Lipinski definition) is 9. The van der Waals surface area contributed by atoms with E-state index >= 15 is 0 Å². The standard InChI is InChI=1S/C32H31N3O7S/c1-6-8-15-34-22-12-10-9-11-21(22)26(29(34)37)28-30(38)35-27(20-13-14-23(42-19(4)36)24(17-20)40-5)25(31(39)41-16-7-2)18(3)33-32(35)43-28/h7,9-14,17,27H,2,6,8,15-16H2,1,3-5H3. The molecule has 2 aliphatic rings. The van der Waals surface area contributed by atoms with E-state index in [2.05, 4.69) is 18.5 Å². The Morgan fingerprint density at radius 3 is 2.60 bits per heavy atom. The van der Waals surface area contributed by atoms with Gasteiger partial charge in [-0.15, -0.1) is 0 Å². The predicted octanol–water partition coefficient (Wildman–Crippen LogP) is 3.42. The van der Waals surface area contributed by atoms with Gasteiger partial charge in [-0.25, -0.2) is 9.79 Å². The van der Waals surface area contributed by atoms with Crippen LogP contribution in [0.2, 0.25) is 0 Å². The maximum absolute atomic E-state index is 14.3. The second-order valence-corrected chi connectivity index (χ2v) is 11.0. The van der Waals surface area contributed by atoms with E-state index in [1.54, 1.807) is 30.0 Å². The third-order valence-corrected chi connectivity index (χ3v) is 8.25. The van der Waals surface area contributed by atoms with Crippen LogP contribution in [-0.4, -0.2) is 42.7 Å². The second-order valence-electron chi connectivity index (χ2n) is 10.00. The highest BCUT2D eigenvalue weighted by Crippen LogP contribution is 2.37. The van der Waals surface area contributed by atoms with Crippen molar-refractivity contribution < 1.29 is 28.6 Å². The molecule has 0 N–H and O–H groups in total. The number of thiazole rings is 1. The number of unbranched alkanes of at least 4 members (excludes halogenated alkanes) is 1. The Morgan fingerprint density at radius 2 is 1.91 bits per heavy atom. The number of ether oxygens (including phenoxy) is 3. The Bertz CT molecular complexity index is 1870. The Labute approximate surface area is 251 Å². The number of allylic oxidation sites excluding steroid dienone is 1. The molecule has 1 aromatic heterocycles. The first-order chi connectivity index (χ1) is 20.7. The van der Waals surface area contributed by atoms with E-state index in [1.807, 2.05) is 24.3 Å². The summed E-state index contributed by atoms with van der Waals surface area (Å²) in [7, 11) is 1.42. The molecule has 10 nitrogen and oxygen atoms in total. The molecule has 0 saturated heterocycles. The lowest BCUT2D eigenvalue weighted by Crippen LogP contribution is -2.41. The van der Waals surface area contributed by atoms with Crippen LogP contribution in [0.4, 0.5) is 5.69 Å². The minimum Gasteiger partial charge on any atom is -0.493 e. The van der Waals surface area contributed by atoms with E-state index in [1.165, 1.54) is 24.7 Å². The molecule has 43 heavy (non-hydrogen) atoms. The Kier molecular flexibility index (Phi) is 8.45. The number of nitrogens with zero attached hydrogens (tertiary/aromatic N) is 3. The molecule has 1 unspecified atom stereocenters. The number of para-hydroxylation sites is 1. The number of anilines is 1. The summed E-state index contributed by atoms with van der Waals surface area (Å²) in [5.74, 6) is -1.02. The topological polar surface area (TPSA) is 117 Å². The number of benzene rings is 2. The minimum absolute atomic E-state index is 0.0372. The maximum atomic E-state index is 14.3. The molecule has 5 rings (SSSR count). The molecule has 0 saturated carbocycles. The van der Waals surface area contributed by atoms with Crippen LogP contribution < -0.4 is 29.3 Å². The molecule has 1 atom stereocenters. The van der Waals surface area contributed by atoms with Gasteiger partial charge in [-0.3, -0.25) is 19.0 Å². The van der Waals surface area contributed by atoms with Gasteiger partial charge in [-0.2, -0.15) is 0 Å². The fourth-order valence-corrected chi connectivity index (χ4v) is 6.43. The van der Waals surface area contributed by atoms with Crippen LogP contribution in [0, 0.1) is 0 Å². The van der Waals surface area contributed by atoms with Crippen molar-refractivity contribution >= 4 is 40.4 Å². The lowest BCUT2D eigenvalue weighted by Gasteiger charge is -2.25. The van der Waals surface area contributed by atoms with Gasteiger partial charge in [-0.05, 0) is 37.1 Å². The number of fused-ring (bicyclic) bond motifs is 2. The van der Waals surface area contributed by atoms with Crippen LogP contribution in [0.1, 0.15) is 50.8 Å². The third kappa shape index (κ3) is 5.32. The molecular formula is C32H31N3O7S. The summed E-state index contributed by atoms with van der Waals surface area (Å²) in [6.07, 6.45) is 3.17. The number of aromatic nitrogens is 1. The smallest absolute Gasteiger partial charge is 0.338 e. The van der Waals surface area contributed by atoms with E-state index in [-0.39, 0.29) is 34.1 Å². The van der Waals surface area contributed by atoms with Gasteiger partial charge in [0.2, 0.25) is 0 Å². The van der Waals surface area contributed by atoms with Crippen molar-refractivity contribution in [3.05, 3.63) is 97.2 Å². The normalized spacial score (nSPS) is 16.8. The lowest BCUT2D eigenvalue weighted by atomic mass is 9.95. The quantitative estimate of drug-likeness (QED) is 0.210. The van der Waals surface area contributed by atoms with E-state index in [4.69, 9.17) is 14.2 Å². The van der Waals surface area contributed by atoms with E-state index < -0.39 is 23.5 Å². The molecule has 2 aliphatic heterocycles. The third-order valence-electron chi connectivity index (χ3n) is 7.19. The molecule has 0 radical (unpaired) electrons. The highest BCUT2D eigenvalue weighted by Gasteiger charge is 2.37. The molecule has 3 heterocycles. The van der Waals surface area contributed by atoms with Crippen LogP contribution in [0.15, 0.2) is 76.2 Å². The zero-order valence-electron chi connectivity index (χ0n) is 24.3. The number of esters is 2. The number of amides is 1. The molecule has 0 aliphatic carbocycles. The number of carbonyl (C=O) groups excluding carboxylic acids is 3. The molecule has 0 bridgehead atoms. The second kappa shape index (κ2) is 12.2. The first-order valence-corrected chi connectivity index (χ1v) is 14.6. The van der Waals surface area contributed by atoms with Gasteiger partial charge in [-0.1, -0.05) is 61.6 Å². The fourth-order valence-electron chi connectivity index (χ4n) is 5.29. The van der Waals surface area contributed by atoms with Crippen molar-refractivity contribution in [2.45, 2.75) is 39.7 Å². The van der Waals surface area contributed by atoms with Crippen LogP contribution in [-0.2, 0) is 19.1 Å². The summed E-state index contributed by atoms with van der Waals surface area (Å²) in [6.45, 7) is 9.11. The van der Waals surface area contributed by atoms with Crippen LogP contribution in [0.5, 0.6) is 11.5 Å². The number of methoxy groups -OCH3 is 1. The summed E-state index contributed by atoms with van der Waals surface area (Å²) in [5.41, 5.74) is 2.29. The zero-order chi connectivity index (χ0) is 30.8. The highest BCUT2D eigenvalue weighted by atomic mass is 32.1. The summed E-state index contributed by atoms with van der Waals surface area (Å²) < 4.78 is 17.8. The van der Waals surface area contributed by atoms with Gasteiger partial charge in [0.1, 0.15) is 11.1 Å². The first kappa shape index (κ1) is 29.7. The number of hydrogen-bond donors (Lipinski definition) is 0. The molecule has 0 fully saturated rings. The molecule has 1 amide bonds. The van der Waals surface area contributed by atoms with Crippen LogP contribution in [0.3, 0.4) is 0 Å². The lowest BCUT2D eigenvalue weighted by molar-refractivity contribution is -0.138.